The van der Waals surface area contributed by atoms with E-state index in [1.54, 1.807) is 17.5 Å². The maximum atomic E-state index is 10.3. The lowest BCUT2D eigenvalue weighted by Crippen LogP contribution is -1.85. The van der Waals surface area contributed by atoms with Crippen molar-refractivity contribution in [1.82, 2.24) is 9.97 Å². The Bertz CT molecular complexity index is 548. The Morgan fingerprint density at radius 3 is 3.22 bits per heavy atom. The Balaban J connectivity index is 2.10. The van der Waals surface area contributed by atoms with E-state index in [1.807, 2.05) is 5.38 Å². The summed E-state index contributed by atoms with van der Waals surface area (Å²) in [7, 11) is 1.54. The lowest BCUT2D eigenvalue weighted by atomic mass is 10.3. The second-order valence-electron chi connectivity index (χ2n) is 3.33. The van der Waals surface area contributed by atoms with Gasteiger partial charge >= 0.3 is 0 Å². The highest BCUT2D eigenvalue weighted by molar-refractivity contribution is 7.22. The average Bonchev–Trinajstić information content (AvgIpc) is 3.02. The SMILES string of the molecule is CO/C=N\c1ncc(-c2nc(CCC=O)cs2)s1. The van der Waals surface area contributed by atoms with Crippen molar-refractivity contribution < 1.29 is 9.53 Å². The minimum Gasteiger partial charge on any atom is -0.486 e. The first kappa shape index (κ1) is 12.8. The van der Waals surface area contributed by atoms with Crippen molar-refractivity contribution >= 4 is 40.5 Å². The fourth-order valence-corrected chi connectivity index (χ4v) is 2.93. The van der Waals surface area contributed by atoms with Gasteiger partial charge in [0.2, 0.25) is 5.13 Å². The predicted octanol–water partition coefficient (Wildman–Crippen LogP) is 2.70. The number of hydrogen-bond donors (Lipinski definition) is 0. The number of rotatable bonds is 6. The summed E-state index contributed by atoms with van der Waals surface area (Å²) in [6, 6.07) is 0. The molecule has 2 heterocycles. The van der Waals surface area contributed by atoms with Crippen LogP contribution in [0.2, 0.25) is 0 Å². The molecule has 0 saturated heterocycles. The first-order valence-corrected chi connectivity index (χ1v) is 6.92. The standard InChI is InChI=1S/C11H11N3O2S2/c1-16-7-13-11-12-5-9(18-11)10-14-8(6-17-10)3-2-4-15/h4-7H,2-3H2,1H3/b13-7-. The number of aryl methyl sites for hydroxylation is 1. The summed E-state index contributed by atoms with van der Waals surface area (Å²) in [5, 5.41) is 3.51. The third-order valence-electron chi connectivity index (χ3n) is 2.04. The number of aldehydes is 1. The number of carbonyl (C=O) groups is 1. The molecule has 2 aromatic heterocycles. The Morgan fingerprint density at radius 1 is 1.56 bits per heavy atom. The van der Waals surface area contributed by atoms with Crippen LogP contribution in [0.3, 0.4) is 0 Å². The van der Waals surface area contributed by atoms with Crippen LogP contribution in [0.4, 0.5) is 5.13 Å². The molecule has 0 aliphatic rings. The highest BCUT2D eigenvalue weighted by atomic mass is 32.1. The fraction of sp³-hybridized carbons (Fsp3) is 0.273. The molecule has 0 radical (unpaired) electrons. The highest BCUT2D eigenvalue weighted by Crippen LogP contribution is 2.32. The van der Waals surface area contributed by atoms with Crippen molar-refractivity contribution in [2.45, 2.75) is 12.8 Å². The molecule has 94 valence electrons. The minimum atomic E-state index is 0.509. The van der Waals surface area contributed by atoms with Gasteiger partial charge in [-0.2, -0.15) is 4.99 Å². The zero-order valence-corrected chi connectivity index (χ0v) is 11.3. The van der Waals surface area contributed by atoms with Crippen molar-refractivity contribution in [3.8, 4) is 9.88 Å². The summed E-state index contributed by atoms with van der Waals surface area (Å²) in [6.45, 7) is 0. The maximum absolute atomic E-state index is 10.3. The van der Waals surface area contributed by atoms with Crippen LogP contribution in [0.5, 0.6) is 0 Å². The van der Waals surface area contributed by atoms with Gasteiger partial charge in [-0.1, -0.05) is 11.3 Å². The van der Waals surface area contributed by atoms with Crippen molar-refractivity contribution in [1.29, 1.82) is 0 Å². The molecule has 0 fully saturated rings. The number of nitrogens with zero attached hydrogens (tertiary/aromatic N) is 3. The van der Waals surface area contributed by atoms with Crippen LogP contribution in [0.1, 0.15) is 12.1 Å². The van der Waals surface area contributed by atoms with Gasteiger partial charge in [-0.25, -0.2) is 9.97 Å². The Hall–Kier alpha value is -1.60. The van der Waals surface area contributed by atoms with E-state index in [4.69, 9.17) is 4.74 Å². The van der Waals surface area contributed by atoms with Gasteiger partial charge in [0.15, 0.2) is 6.40 Å². The van der Waals surface area contributed by atoms with Gasteiger partial charge < -0.3 is 9.53 Å². The summed E-state index contributed by atoms with van der Waals surface area (Å²) in [5.41, 5.74) is 0.942. The van der Waals surface area contributed by atoms with E-state index >= 15 is 0 Å². The zero-order valence-electron chi connectivity index (χ0n) is 9.70. The number of thiazole rings is 2. The molecule has 0 atom stereocenters. The second-order valence-corrected chi connectivity index (χ2v) is 5.19. The molecule has 0 bridgehead atoms. The first-order valence-electron chi connectivity index (χ1n) is 5.23. The molecular formula is C11H11N3O2S2. The van der Waals surface area contributed by atoms with Gasteiger partial charge in [-0.3, -0.25) is 0 Å². The topological polar surface area (TPSA) is 64.4 Å². The molecule has 0 aliphatic carbocycles. The van der Waals surface area contributed by atoms with E-state index in [9.17, 15) is 4.79 Å². The number of hydrogen-bond acceptors (Lipinski definition) is 7. The van der Waals surface area contributed by atoms with Crippen molar-refractivity contribution in [2.75, 3.05) is 7.11 Å². The predicted molar refractivity (Wildman–Crippen MR) is 72.8 cm³/mol. The van der Waals surface area contributed by atoms with Crippen LogP contribution in [-0.4, -0.2) is 29.8 Å². The number of aliphatic imine (C=N–C) groups is 1. The van der Waals surface area contributed by atoms with Gasteiger partial charge in [0.05, 0.1) is 23.9 Å². The molecule has 5 nitrogen and oxygen atoms in total. The van der Waals surface area contributed by atoms with E-state index < -0.39 is 0 Å². The number of aromatic nitrogens is 2. The van der Waals surface area contributed by atoms with Gasteiger partial charge in [0.1, 0.15) is 11.3 Å². The smallest absolute Gasteiger partial charge is 0.212 e. The van der Waals surface area contributed by atoms with E-state index in [1.165, 1.54) is 24.8 Å². The molecule has 2 aromatic rings. The summed E-state index contributed by atoms with van der Waals surface area (Å²) < 4.78 is 4.74. The van der Waals surface area contributed by atoms with Crippen molar-refractivity contribution in [3.63, 3.8) is 0 Å². The number of carbonyl (C=O) groups excluding carboxylic acids is 1. The third kappa shape index (κ3) is 3.21. The summed E-state index contributed by atoms with van der Waals surface area (Å²) in [4.78, 5) is 23.9. The maximum Gasteiger partial charge on any atom is 0.212 e. The normalized spacial score (nSPS) is 10.9. The molecule has 2 rings (SSSR count). The van der Waals surface area contributed by atoms with E-state index in [0.29, 0.717) is 18.0 Å². The van der Waals surface area contributed by atoms with Gasteiger partial charge in [0, 0.05) is 11.8 Å². The third-order valence-corrected chi connectivity index (χ3v) is 4.01. The molecule has 18 heavy (non-hydrogen) atoms. The van der Waals surface area contributed by atoms with Crippen LogP contribution in [-0.2, 0) is 16.0 Å². The van der Waals surface area contributed by atoms with Crippen LogP contribution >= 0.6 is 22.7 Å². The van der Waals surface area contributed by atoms with Gasteiger partial charge in [0.25, 0.3) is 0 Å². The van der Waals surface area contributed by atoms with Crippen molar-refractivity contribution in [3.05, 3.63) is 17.3 Å². The summed E-state index contributed by atoms with van der Waals surface area (Å²) in [5.74, 6) is 0. The molecule has 0 N–H and O–H groups in total. The first-order chi connectivity index (χ1) is 8.83. The molecule has 0 amide bonds. The van der Waals surface area contributed by atoms with Crippen LogP contribution in [0, 0.1) is 0 Å². The molecule has 0 aliphatic heterocycles. The lowest BCUT2D eigenvalue weighted by molar-refractivity contribution is -0.107. The molecule has 7 heteroatoms. The highest BCUT2D eigenvalue weighted by Gasteiger charge is 2.08. The minimum absolute atomic E-state index is 0.509. The van der Waals surface area contributed by atoms with E-state index in [0.717, 1.165) is 21.9 Å². The summed E-state index contributed by atoms with van der Waals surface area (Å²) >= 11 is 3.00. The Kier molecular flexibility index (Phi) is 4.54. The van der Waals surface area contributed by atoms with Gasteiger partial charge in [-0.15, -0.1) is 11.3 Å². The lowest BCUT2D eigenvalue weighted by Gasteiger charge is -1.88. The van der Waals surface area contributed by atoms with Crippen LogP contribution in [0.25, 0.3) is 9.88 Å². The molecule has 0 unspecified atom stereocenters. The quantitative estimate of drug-likeness (QED) is 0.464. The molecule has 0 spiro atoms. The zero-order chi connectivity index (χ0) is 12.8. The number of ether oxygens (including phenoxy) is 1. The fourth-order valence-electron chi connectivity index (χ4n) is 1.26. The molecule has 0 aromatic carbocycles. The van der Waals surface area contributed by atoms with Gasteiger partial charge in [-0.05, 0) is 6.42 Å². The second kappa shape index (κ2) is 6.36. The monoisotopic (exact) mass is 281 g/mol. The van der Waals surface area contributed by atoms with Crippen LogP contribution < -0.4 is 0 Å². The Labute approximate surface area is 112 Å². The van der Waals surface area contributed by atoms with Crippen molar-refractivity contribution in [2.24, 2.45) is 4.99 Å². The summed E-state index contributed by atoms with van der Waals surface area (Å²) in [6.07, 6.45) is 5.20. The van der Waals surface area contributed by atoms with E-state index in [-0.39, 0.29) is 0 Å². The largest absolute Gasteiger partial charge is 0.486 e. The molecular weight excluding hydrogens is 270 g/mol. The molecule has 0 saturated carbocycles. The number of methoxy groups -OCH3 is 1. The van der Waals surface area contributed by atoms with E-state index in [2.05, 4.69) is 15.0 Å². The average molecular weight is 281 g/mol. The van der Waals surface area contributed by atoms with Crippen LogP contribution in [0.15, 0.2) is 16.6 Å². The Morgan fingerprint density at radius 2 is 2.44 bits per heavy atom.